The van der Waals surface area contributed by atoms with Crippen molar-refractivity contribution in [2.24, 2.45) is 0 Å². The van der Waals surface area contributed by atoms with E-state index in [9.17, 15) is 18.0 Å². The lowest BCUT2D eigenvalue weighted by molar-refractivity contribution is -0.137. The first-order chi connectivity index (χ1) is 12.6. The van der Waals surface area contributed by atoms with Gasteiger partial charge in [0.1, 0.15) is 0 Å². The van der Waals surface area contributed by atoms with Crippen molar-refractivity contribution in [3.63, 3.8) is 0 Å². The number of ether oxygens (including phenoxy) is 1. The summed E-state index contributed by atoms with van der Waals surface area (Å²) < 4.78 is 28.7. The molecule has 0 bridgehead atoms. The van der Waals surface area contributed by atoms with Crippen molar-refractivity contribution >= 4 is 21.7 Å². The number of esters is 1. The van der Waals surface area contributed by atoms with Gasteiger partial charge in [-0.1, -0.05) is 32.9 Å². The second-order valence-corrected chi connectivity index (χ2v) is 10.7. The van der Waals surface area contributed by atoms with Crippen LogP contribution >= 0.6 is 0 Å². The van der Waals surface area contributed by atoms with Crippen molar-refractivity contribution in [3.05, 3.63) is 35.4 Å². The number of carbonyl (C=O) groups is 2. The van der Waals surface area contributed by atoms with Crippen LogP contribution in [0.4, 0.5) is 0 Å². The molecule has 1 amide bonds. The lowest BCUT2D eigenvalue weighted by atomic mass is 9.87. The maximum atomic E-state index is 12.6. The highest BCUT2D eigenvalue weighted by molar-refractivity contribution is 7.91. The topological polar surface area (TPSA) is 80.8 Å². The van der Waals surface area contributed by atoms with Crippen LogP contribution in [0.5, 0.6) is 0 Å². The molecule has 0 N–H and O–H groups in total. The number of rotatable bonds is 5. The van der Waals surface area contributed by atoms with Crippen molar-refractivity contribution in [2.75, 3.05) is 18.1 Å². The van der Waals surface area contributed by atoms with E-state index in [1.807, 2.05) is 12.1 Å². The molecule has 2 aliphatic rings. The smallest absolute Gasteiger partial charge is 0.338 e. The molecule has 7 heteroatoms. The van der Waals surface area contributed by atoms with Gasteiger partial charge >= 0.3 is 5.97 Å². The Morgan fingerprint density at radius 2 is 1.70 bits per heavy atom. The number of hydrogen-bond acceptors (Lipinski definition) is 5. The number of sulfone groups is 1. The molecule has 1 saturated carbocycles. The van der Waals surface area contributed by atoms with Gasteiger partial charge in [0.05, 0.1) is 17.1 Å². The van der Waals surface area contributed by atoms with Gasteiger partial charge in [-0.2, -0.15) is 0 Å². The van der Waals surface area contributed by atoms with Crippen LogP contribution in [0, 0.1) is 0 Å². The zero-order valence-corrected chi connectivity index (χ0v) is 16.9. The third-order valence-electron chi connectivity index (χ3n) is 5.14. The van der Waals surface area contributed by atoms with E-state index in [1.54, 1.807) is 17.0 Å². The molecule has 148 valence electrons. The fraction of sp³-hybridized carbons (Fsp3) is 0.600. The predicted octanol–water partition coefficient (Wildman–Crippen LogP) is 2.32. The van der Waals surface area contributed by atoms with Crippen molar-refractivity contribution in [3.8, 4) is 0 Å². The van der Waals surface area contributed by atoms with Gasteiger partial charge in [-0.3, -0.25) is 4.79 Å². The van der Waals surface area contributed by atoms with E-state index in [0.29, 0.717) is 12.0 Å². The number of hydrogen-bond donors (Lipinski definition) is 0. The number of carbonyl (C=O) groups excluding carboxylic acids is 2. The summed E-state index contributed by atoms with van der Waals surface area (Å²) in [5.74, 6) is -0.719. The maximum absolute atomic E-state index is 12.6. The standard InChI is InChI=1S/C20H27NO5S/c1-20(2,3)15-6-4-14(5-7-15)19(23)26-12-18(22)21(16-8-9-16)17-10-11-27(24,25)13-17/h4-7,16-17H,8-13H2,1-3H3. The first-order valence-electron chi connectivity index (χ1n) is 9.36. The summed E-state index contributed by atoms with van der Waals surface area (Å²) in [7, 11) is -3.07. The molecule has 3 rings (SSSR count). The Bertz CT molecular complexity index is 819. The van der Waals surface area contributed by atoms with Crippen molar-refractivity contribution in [2.45, 2.75) is 57.5 Å². The van der Waals surface area contributed by atoms with Gasteiger partial charge in [-0.05, 0) is 42.4 Å². The average molecular weight is 394 g/mol. The summed E-state index contributed by atoms with van der Waals surface area (Å²) in [6, 6.07) is 6.97. The molecule has 1 aliphatic heterocycles. The Balaban J connectivity index is 1.59. The Morgan fingerprint density at radius 1 is 1.07 bits per heavy atom. The van der Waals surface area contributed by atoms with Gasteiger partial charge in [-0.25, -0.2) is 13.2 Å². The van der Waals surface area contributed by atoms with Crippen LogP contribution in [0.25, 0.3) is 0 Å². The zero-order chi connectivity index (χ0) is 19.8. The fourth-order valence-electron chi connectivity index (χ4n) is 3.44. The van der Waals surface area contributed by atoms with Crippen molar-refractivity contribution in [1.82, 2.24) is 4.90 Å². The first kappa shape index (κ1) is 19.9. The molecule has 0 radical (unpaired) electrons. The second kappa shape index (κ2) is 7.26. The molecule has 0 aromatic heterocycles. The van der Waals surface area contributed by atoms with E-state index in [2.05, 4.69) is 20.8 Å². The Labute approximate surface area is 160 Å². The third-order valence-corrected chi connectivity index (χ3v) is 6.89. The second-order valence-electron chi connectivity index (χ2n) is 8.49. The summed E-state index contributed by atoms with van der Waals surface area (Å²) in [4.78, 5) is 26.5. The van der Waals surface area contributed by atoms with Crippen LogP contribution in [0.1, 0.15) is 56.0 Å². The van der Waals surface area contributed by atoms with E-state index in [0.717, 1.165) is 18.4 Å². The number of nitrogens with zero attached hydrogens (tertiary/aromatic N) is 1. The summed E-state index contributed by atoms with van der Waals surface area (Å²) in [5, 5.41) is 0. The van der Waals surface area contributed by atoms with Crippen LogP contribution in [0.3, 0.4) is 0 Å². The summed E-state index contributed by atoms with van der Waals surface area (Å²) in [6.07, 6.45) is 2.22. The summed E-state index contributed by atoms with van der Waals surface area (Å²) in [5.41, 5.74) is 1.50. The lowest BCUT2D eigenvalue weighted by Crippen LogP contribution is -2.44. The first-order valence-corrected chi connectivity index (χ1v) is 11.2. The van der Waals surface area contributed by atoms with Crippen LogP contribution in [-0.4, -0.2) is 55.4 Å². The molecular formula is C20H27NO5S. The average Bonchev–Trinajstić information content (AvgIpc) is 3.35. The minimum atomic E-state index is -3.07. The van der Waals surface area contributed by atoms with Gasteiger partial charge < -0.3 is 9.64 Å². The molecule has 1 saturated heterocycles. The predicted molar refractivity (Wildman–Crippen MR) is 102 cm³/mol. The molecule has 1 atom stereocenters. The molecule has 27 heavy (non-hydrogen) atoms. The quantitative estimate of drug-likeness (QED) is 0.717. The molecular weight excluding hydrogens is 366 g/mol. The van der Waals surface area contributed by atoms with Crippen molar-refractivity contribution < 1.29 is 22.7 Å². The number of amides is 1. The Morgan fingerprint density at radius 3 is 2.19 bits per heavy atom. The summed E-state index contributed by atoms with van der Waals surface area (Å²) >= 11 is 0. The van der Waals surface area contributed by atoms with Crippen LogP contribution in [0.2, 0.25) is 0 Å². The molecule has 1 heterocycles. The monoisotopic (exact) mass is 393 g/mol. The van der Waals surface area contributed by atoms with Crippen molar-refractivity contribution in [1.29, 1.82) is 0 Å². The van der Waals surface area contributed by atoms with Gasteiger partial charge in [0.2, 0.25) is 0 Å². The van der Waals surface area contributed by atoms with Crippen LogP contribution in [-0.2, 0) is 24.8 Å². The van der Waals surface area contributed by atoms with Gasteiger partial charge in [0.25, 0.3) is 5.91 Å². The highest BCUT2D eigenvalue weighted by Gasteiger charge is 2.42. The van der Waals surface area contributed by atoms with E-state index >= 15 is 0 Å². The van der Waals surface area contributed by atoms with E-state index in [4.69, 9.17) is 4.74 Å². The molecule has 1 aromatic rings. The van der Waals surface area contributed by atoms with Crippen LogP contribution < -0.4 is 0 Å². The van der Waals surface area contributed by atoms with Crippen LogP contribution in [0.15, 0.2) is 24.3 Å². The molecule has 1 aromatic carbocycles. The van der Waals surface area contributed by atoms with E-state index < -0.39 is 15.8 Å². The maximum Gasteiger partial charge on any atom is 0.338 e. The minimum Gasteiger partial charge on any atom is -0.452 e. The molecule has 0 spiro atoms. The molecule has 2 fully saturated rings. The minimum absolute atomic E-state index is 0.00914. The zero-order valence-electron chi connectivity index (χ0n) is 16.1. The Kier molecular flexibility index (Phi) is 5.34. The van der Waals surface area contributed by atoms with Gasteiger partial charge in [-0.15, -0.1) is 0 Å². The highest BCUT2D eigenvalue weighted by atomic mass is 32.2. The fourth-order valence-corrected chi connectivity index (χ4v) is 5.16. The van der Waals surface area contributed by atoms with Gasteiger partial charge in [0.15, 0.2) is 16.4 Å². The van der Waals surface area contributed by atoms with Gasteiger partial charge in [0, 0.05) is 12.1 Å². The highest BCUT2D eigenvalue weighted by Crippen LogP contribution is 2.32. The largest absolute Gasteiger partial charge is 0.452 e. The third kappa shape index (κ3) is 4.89. The van der Waals surface area contributed by atoms with E-state index in [1.165, 1.54) is 0 Å². The Hall–Kier alpha value is -1.89. The number of benzene rings is 1. The summed E-state index contributed by atoms with van der Waals surface area (Å²) in [6.45, 7) is 5.92. The molecule has 1 unspecified atom stereocenters. The normalized spacial score (nSPS) is 21.7. The molecule has 6 nitrogen and oxygen atoms in total. The SMILES string of the molecule is CC(C)(C)c1ccc(C(=O)OCC(=O)N(C2CC2)C2CCS(=O)(=O)C2)cc1. The lowest BCUT2D eigenvalue weighted by Gasteiger charge is -2.28. The molecule has 1 aliphatic carbocycles. The van der Waals surface area contributed by atoms with E-state index in [-0.39, 0.29) is 41.5 Å².